The smallest absolute Gasteiger partial charge is 0.314 e. The van der Waals surface area contributed by atoms with Gasteiger partial charge in [0.25, 0.3) is 0 Å². The van der Waals surface area contributed by atoms with Crippen LogP contribution in [0.25, 0.3) is 0 Å². The van der Waals surface area contributed by atoms with Gasteiger partial charge in [0.15, 0.2) is 0 Å². The van der Waals surface area contributed by atoms with E-state index in [4.69, 9.17) is 4.74 Å². The van der Waals surface area contributed by atoms with Crippen LogP contribution in [0.3, 0.4) is 0 Å². The minimum absolute atomic E-state index is 0.0229. The third-order valence-electron chi connectivity index (χ3n) is 5.22. The molecule has 22 heavy (non-hydrogen) atoms. The second kappa shape index (κ2) is 4.45. The van der Waals surface area contributed by atoms with Gasteiger partial charge in [-0.1, -0.05) is 24.3 Å². The summed E-state index contributed by atoms with van der Waals surface area (Å²) in [6, 6.07) is 8.42. The molecule has 0 spiro atoms. The lowest BCUT2D eigenvalue weighted by atomic mass is 9.61. The maximum absolute atomic E-state index is 12.7. The van der Waals surface area contributed by atoms with Crippen molar-refractivity contribution in [2.75, 3.05) is 6.61 Å². The number of esters is 1. The van der Waals surface area contributed by atoms with Gasteiger partial charge in [-0.3, -0.25) is 4.79 Å². The predicted octanol–water partition coefficient (Wildman–Crippen LogP) is 3.20. The Morgan fingerprint density at radius 3 is 2.86 bits per heavy atom. The van der Waals surface area contributed by atoms with Crippen LogP contribution in [0.4, 0.5) is 0 Å². The summed E-state index contributed by atoms with van der Waals surface area (Å²) in [5.74, 6) is 1.16. The maximum atomic E-state index is 12.7. The second-order valence-electron chi connectivity index (χ2n) is 6.55. The van der Waals surface area contributed by atoms with Crippen LogP contribution in [0.15, 0.2) is 30.5 Å². The molecule has 114 valence electrons. The van der Waals surface area contributed by atoms with Crippen molar-refractivity contribution in [3.05, 3.63) is 53.1 Å². The van der Waals surface area contributed by atoms with Crippen LogP contribution in [-0.4, -0.2) is 22.1 Å². The number of carbonyl (C=O) groups excluding carboxylic acids is 1. The summed E-state index contributed by atoms with van der Waals surface area (Å²) >= 11 is 0. The molecule has 2 bridgehead atoms. The van der Waals surface area contributed by atoms with Crippen molar-refractivity contribution in [3.8, 4) is 0 Å². The van der Waals surface area contributed by atoms with Gasteiger partial charge in [-0.05, 0) is 38.3 Å². The van der Waals surface area contributed by atoms with Crippen LogP contribution < -0.4 is 0 Å². The molecule has 0 saturated heterocycles. The molecule has 0 amide bonds. The molecule has 0 N–H and O–H groups in total. The summed E-state index contributed by atoms with van der Waals surface area (Å²) in [6.07, 6.45) is 2.68. The standard InChI is InChI=1S/C18H20N2O2/c1-4-22-17(21)18(3)9-14-12-7-5-6-8-13(12)15(18)20-11(2)10-19-16(14)20/h5-8,10,14-15H,4,9H2,1-3H3. The lowest BCUT2D eigenvalue weighted by molar-refractivity contribution is -0.158. The van der Waals surface area contributed by atoms with Gasteiger partial charge in [0.1, 0.15) is 5.82 Å². The van der Waals surface area contributed by atoms with Gasteiger partial charge >= 0.3 is 5.97 Å². The Balaban J connectivity index is 1.96. The Bertz CT molecular complexity index is 764. The summed E-state index contributed by atoms with van der Waals surface area (Å²) in [5.41, 5.74) is 3.12. The average Bonchev–Trinajstić information content (AvgIpc) is 2.91. The molecule has 0 fully saturated rings. The molecule has 1 aromatic heterocycles. The molecule has 3 aliphatic rings. The molecule has 3 heterocycles. The number of rotatable bonds is 2. The zero-order chi connectivity index (χ0) is 15.5. The summed E-state index contributed by atoms with van der Waals surface area (Å²) in [4.78, 5) is 17.3. The van der Waals surface area contributed by atoms with Crippen molar-refractivity contribution in [3.63, 3.8) is 0 Å². The summed E-state index contributed by atoms with van der Waals surface area (Å²) < 4.78 is 7.65. The van der Waals surface area contributed by atoms with Gasteiger partial charge in [-0.25, -0.2) is 4.98 Å². The van der Waals surface area contributed by atoms with Gasteiger partial charge in [-0.15, -0.1) is 0 Å². The van der Waals surface area contributed by atoms with Gasteiger partial charge in [0.05, 0.1) is 18.1 Å². The van der Waals surface area contributed by atoms with E-state index < -0.39 is 5.41 Å². The number of imidazole rings is 1. The molecule has 5 rings (SSSR count). The molecular formula is C18H20N2O2. The van der Waals surface area contributed by atoms with Crippen LogP contribution in [0.2, 0.25) is 0 Å². The Morgan fingerprint density at radius 2 is 2.14 bits per heavy atom. The van der Waals surface area contributed by atoms with Gasteiger partial charge in [0.2, 0.25) is 0 Å². The third kappa shape index (κ3) is 1.52. The number of aryl methyl sites for hydroxylation is 1. The molecule has 0 radical (unpaired) electrons. The van der Waals surface area contributed by atoms with Crippen molar-refractivity contribution in [2.45, 2.75) is 39.2 Å². The highest BCUT2D eigenvalue weighted by atomic mass is 16.5. The first-order valence-corrected chi connectivity index (χ1v) is 7.87. The van der Waals surface area contributed by atoms with E-state index in [2.05, 4.69) is 40.7 Å². The Morgan fingerprint density at radius 1 is 1.41 bits per heavy atom. The molecule has 3 unspecified atom stereocenters. The first-order chi connectivity index (χ1) is 10.6. The van der Waals surface area contributed by atoms with E-state index in [-0.39, 0.29) is 17.9 Å². The fourth-order valence-corrected chi connectivity index (χ4v) is 4.27. The third-order valence-corrected chi connectivity index (χ3v) is 5.22. The normalized spacial score (nSPS) is 28.1. The lowest BCUT2D eigenvalue weighted by Crippen LogP contribution is -2.49. The number of hydrogen-bond donors (Lipinski definition) is 0. The SMILES string of the molecule is CCOC(=O)C1(C)CC2c3ccccc3C1n1c(C)cnc12. The quantitative estimate of drug-likeness (QED) is 0.799. The summed E-state index contributed by atoms with van der Waals surface area (Å²) in [7, 11) is 0. The van der Waals surface area contributed by atoms with E-state index in [1.165, 1.54) is 11.1 Å². The van der Waals surface area contributed by atoms with Gasteiger partial charge < -0.3 is 9.30 Å². The highest BCUT2D eigenvalue weighted by molar-refractivity contribution is 5.79. The number of ether oxygens (including phenoxy) is 1. The van der Waals surface area contributed by atoms with Crippen LogP contribution in [-0.2, 0) is 9.53 Å². The van der Waals surface area contributed by atoms with Crippen molar-refractivity contribution in [1.29, 1.82) is 0 Å². The Kier molecular flexibility index (Phi) is 2.74. The first-order valence-electron chi connectivity index (χ1n) is 7.87. The minimum atomic E-state index is -0.534. The number of aromatic nitrogens is 2. The fourth-order valence-electron chi connectivity index (χ4n) is 4.27. The van der Waals surface area contributed by atoms with E-state index in [1.54, 1.807) is 0 Å². The van der Waals surface area contributed by atoms with E-state index in [9.17, 15) is 4.79 Å². The predicted molar refractivity (Wildman–Crippen MR) is 82.7 cm³/mol. The number of carbonyl (C=O) groups is 1. The van der Waals surface area contributed by atoms with Gasteiger partial charge in [0, 0.05) is 17.8 Å². The number of hydrogen-bond acceptors (Lipinski definition) is 3. The highest BCUT2D eigenvalue weighted by Crippen LogP contribution is 2.58. The number of fused-ring (bicyclic) bond motifs is 1. The van der Waals surface area contributed by atoms with Crippen molar-refractivity contribution in [2.24, 2.45) is 5.41 Å². The molecule has 3 atom stereocenters. The monoisotopic (exact) mass is 296 g/mol. The van der Waals surface area contributed by atoms with Crippen LogP contribution in [0.5, 0.6) is 0 Å². The number of benzene rings is 1. The molecule has 2 aliphatic heterocycles. The Labute approximate surface area is 130 Å². The van der Waals surface area contributed by atoms with Crippen LogP contribution >= 0.6 is 0 Å². The lowest BCUT2D eigenvalue weighted by Gasteiger charge is -2.49. The molecule has 4 heteroatoms. The molecule has 2 aromatic rings. The van der Waals surface area contributed by atoms with E-state index in [0.29, 0.717) is 6.61 Å². The van der Waals surface area contributed by atoms with E-state index >= 15 is 0 Å². The van der Waals surface area contributed by atoms with Crippen LogP contribution in [0, 0.1) is 12.3 Å². The van der Waals surface area contributed by atoms with E-state index in [1.807, 2.05) is 20.0 Å². The highest BCUT2D eigenvalue weighted by Gasteiger charge is 2.56. The molecule has 0 saturated carbocycles. The maximum Gasteiger partial charge on any atom is 0.314 e. The largest absolute Gasteiger partial charge is 0.466 e. The second-order valence-corrected chi connectivity index (χ2v) is 6.55. The molecule has 1 aromatic carbocycles. The topological polar surface area (TPSA) is 44.1 Å². The summed E-state index contributed by atoms with van der Waals surface area (Å²) in [6.45, 7) is 6.39. The molecular weight excluding hydrogens is 276 g/mol. The number of nitrogens with zero attached hydrogens (tertiary/aromatic N) is 2. The summed E-state index contributed by atoms with van der Waals surface area (Å²) in [5, 5.41) is 0. The van der Waals surface area contributed by atoms with Crippen LogP contribution in [0.1, 0.15) is 54.9 Å². The van der Waals surface area contributed by atoms with Crippen molar-refractivity contribution < 1.29 is 9.53 Å². The zero-order valence-electron chi connectivity index (χ0n) is 13.2. The molecule has 1 aliphatic carbocycles. The van der Waals surface area contributed by atoms with Crippen molar-refractivity contribution in [1.82, 2.24) is 9.55 Å². The van der Waals surface area contributed by atoms with Gasteiger partial charge in [-0.2, -0.15) is 0 Å². The zero-order valence-corrected chi connectivity index (χ0v) is 13.2. The Hall–Kier alpha value is -2.10. The molecule has 4 nitrogen and oxygen atoms in total. The minimum Gasteiger partial charge on any atom is -0.466 e. The fraction of sp³-hybridized carbons (Fsp3) is 0.444. The van der Waals surface area contributed by atoms with E-state index in [0.717, 1.165) is 17.9 Å². The first kappa shape index (κ1) is 13.6. The average molecular weight is 296 g/mol. The van der Waals surface area contributed by atoms with Crippen molar-refractivity contribution >= 4 is 5.97 Å².